The van der Waals surface area contributed by atoms with Crippen molar-refractivity contribution in [2.75, 3.05) is 13.2 Å². The molecular formula is C12H23N3O. The Labute approximate surface area is 97.7 Å². The summed E-state index contributed by atoms with van der Waals surface area (Å²) in [4.78, 5) is 4.08. The highest BCUT2D eigenvalue weighted by Gasteiger charge is 2.16. The Morgan fingerprint density at radius 2 is 2.25 bits per heavy atom. The van der Waals surface area contributed by atoms with Gasteiger partial charge in [0.05, 0.1) is 12.0 Å². The average Bonchev–Trinajstić information content (AvgIpc) is 2.62. The molecule has 0 fully saturated rings. The van der Waals surface area contributed by atoms with Crippen molar-refractivity contribution < 1.29 is 5.11 Å². The van der Waals surface area contributed by atoms with Gasteiger partial charge >= 0.3 is 0 Å². The molecule has 0 saturated heterocycles. The van der Waals surface area contributed by atoms with Gasteiger partial charge in [-0.2, -0.15) is 0 Å². The van der Waals surface area contributed by atoms with Crippen molar-refractivity contribution in [2.24, 2.45) is 12.5 Å². The van der Waals surface area contributed by atoms with Crippen LogP contribution < -0.4 is 5.32 Å². The Morgan fingerprint density at radius 3 is 2.81 bits per heavy atom. The minimum Gasteiger partial charge on any atom is -0.396 e. The summed E-state index contributed by atoms with van der Waals surface area (Å²) in [5.74, 6) is 0. The highest BCUT2D eigenvalue weighted by molar-refractivity contribution is 4.96. The second kappa shape index (κ2) is 6.01. The summed E-state index contributed by atoms with van der Waals surface area (Å²) in [5, 5.41) is 12.2. The topological polar surface area (TPSA) is 50.1 Å². The van der Waals surface area contributed by atoms with E-state index in [2.05, 4.69) is 24.1 Å². The number of aromatic nitrogens is 2. The van der Waals surface area contributed by atoms with Crippen molar-refractivity contribution >= 4 is 0 Å². The molecule has 1 heterocycles. The van der Waals surface area contributed by atoms with E-state index in [1.807, 2.05) is 24.1 Å². The zero-order valence-corrected chi connectivity index (χ0v) is 10.5. The van der Waals surface area contributed by atoms with E-state index >= 15 is 0 Å². The molecule has 1 aromatic rings. The van der Waals surface area contributed by atoms with E-state index in [4.69, 9.17) is 5.11 Å². The van der Waals surface area contributed by atoms with E-state index in [0.29, 0.717) is 0 Å². The maximum Gasteiger partial charge on any atom is 0.0945 e. The van der Waals surface area contributed by atoms with Crippen LogP contribution >= 0.6 is 0 Å². The van der Waals surface area contributed by atoms with Crippen LogP contribution in [0.15, 0.2) is 12.5 Å². The van der Waals surface area contributed by atoms with Crippen LogP contribution in [0, 0.1) is 5.41 Å². The highest BCUT2D eigenvalue weighted by atomic mass is 16.2. The number of imidazole rings is 1. The van der Waals surface area contributed by atoms with E-state index in [-0.39, 0.29) is 12.0 Å². The van der Waals surface area contributed by atoms with E-state index in [0.717, 1.165) is 25.9 Å². The normalized spacial score (nSPS) is 12.0. The Morgan fingerprint density at radius 1 is 1.50 bits per heavy atom. The molecule has 2 N–H and O–H groups in total. The largest absolute Gasteiger partial charge is 0.396 e. The first-order valence-electron chi connectivity index (χ1n) is 5.82. The van der Waals surface area contributed by atoms with Crippen LogP contribution in [0.2, 0.25) is 0 Å². The number of rotatable bonds is 7. The number of hydrogen-bond donors (Lipinski definition) is 2. The Kier molecular flexibility index (Phi) is 4.96. The van der Waals surface area contributed by atoms with Crippen LogP contribution in [0.3, 0.4) is 0 Å². The third kappa shape index (κ3) is 4.33. The lowest BCUT2D eigenvalue weighted by molar-refractivity contribution is 0.236. The van der Waals surface area contributed by atoms with E-state index < -0.39 is 0 Å². The van der Waals surface area contributed by atoms with Crippen molar-refractivity contribution in [3.63, 3.8) is 0 Å². The third-order valence-corrected chi connectivity index (χ3v) is 2.84. The fraction of sp³-hybridized carbons (Fsp3) is 0.750. The predicted octanol–water partition coefficient (Wildman–Crippen LogP) is 1.31. The van der Waals surface area contributed by atoms with Crippen LogP contribution in [-0.2, 0) is 13.6 Å². The van der Waals surface area contributed by atoms with Gasteiger partial charge in [0.15, 0.2) is 0 Å². The molecule has 0 bridgehead atoms. The summed E-state index contributed by atoms with van der Waals surface area (Å²) >= 11 is 0. The van der Waals surface area contributed by atoms with Crippen molar-refractivity contribution in [1.29, 1.82) is 0 Å². The van der Waals surface area contributed by atoms with Gasteiger partial charge in [0.25, 0.3) is 0 Å². The molecule has 0 aromatic carbocycles. The number of aliphatic hydroxyl groups excluding tert-OH is 1. The quantitative estimate of drug-likeness (QED) is 0.735. The van der Waals surface area contributed by atoms with Gasteiger partial charge in [0.1, 0.15) is 0 Å². The van der Waals surface area contributed by atoms with Gasteiger partial charge in [-0.3, -0.25) is 0 Å². The molecule has 0 radical (unpaired) electrons. The molecule has 0 aliphatic carbocycles. The van der Waals surface area contributed by atoms with Crippen molar-refractivity contribution in [3.05, 3.63) is 18.2 Å². The zero-order valence-electron chi connectivity index (χ0n) is 10.5. The molecule has 0 spiro atoms. The molecule has 92 valence electrons. The second-order valence-electron chi connectivity index (χ2n) is 5.09. The van der Waals surface area contributed by atoms with Gasteiger partial charge in [-0.15, -0.1) is 0 Å². The Bertz CT molecular complexity index is 307. The SMILES string of the molecule is Cn1cncc1CNCC(C)(C)CCCO. The Hall–Kier alpha value is -0.870. The second-order valence-corrected chi connectivity index (χ2v) is 5.09. The van der Waals surface area contributed by atoms with Gasteiger partial charge in [-0.25, -0.2) is 4.98 Å². The zero-order chi connectivity index (χ0) is 12.0. The summed E-state index contributed by atoms with van der Waals surface area (Å²) in [5.41, 5.74) is 1.43. The number of hydrogen-bond acceptors (Lipinski definition) is 3. The van der Waals surface area contributed by atoms with E-state index in [9.17, 15) is 0 Å². The molecule has 0 amide bonds. The number of nitrogens with zero attached hydrogens (tertiary/aromatic N) is 2. The molecule has 0 atom stereocenters. The summed E-state index contributed by atoms with van der Waals surface area (Å²) < 4.78 is 2.02. The van der Waals surface area contributed by atoms with Crippen LogP contribution in [0.5, 0.6) is 0 Å². The first-order chi connectivity index (χ1) is 7.55. The van der Waals surface area contributed by atoms with Gasteiger partial charge in [0.2, 0.25) is 0 Å². The highest BCUT2D eigenvalue weighted by Crippen LogP contribution is 2.20. The third-order valence-electron chi connectivity index (χ3n) is 2.84. The first-order valence-corrected chi connectivity index (χ1v) is 5.82. The van der Waals surface area contributed by atoms with Gasteiger partial charge in [0, 0.05) is 32.9 Å². The molecule has 16 heavy (non-hydrogen) atoms. The molecule has 0 saturated carbocycles. The van der Waals surface area contributed by atoms with Crippen molar-refractivity contribution in [1.82, 2.24) is 14.9 Å². The van der Waals surface area contributed by atoms with Gasteiger partial charge in [-0.1, -0.05) is 13.8 Å². The van der Waals surface area contributed by atoms with Crippen LogP contribution in [0.4, 0.5) is 0 Å². The maximum atomic E-state index is 8.81. The summed E-state index contributed by atoms with van der Waals surface area (Å²) in [6.07, 6.45) is 5.61. The molecular weight excluding hydrogens is 202 g/mol. The predicted molar refractivity (Wildman–Crippen MR) is 65.0 cm³/mol. The molecule has 4 nitrogen and oxygen atoms in total. The fourth-order valence-corrected chi connectivity index (χ4v) is 1.73. The average molecular weight is 225 g/mol. The molecule has 1 rings (SSSR count). The molecule has 0 unspecified atom stereocenters. The molecule has 0 aliphatic heterocycles. The molecule has 4 heteroatoms. The van der Waals surface area contributed by atoms with Crippen molar-refractivity contribution in [3.8, 4) is 0 Å². The Balaban J connectivity index is 2.27. The summed E-state index contributed by atoms with van der Waals surface area (Å²) in [6, 6.07) is 0. The smallest absolute Gasteiger partial charge is 0.0945 e. The summed E-state index contributed by atoms with van der Waals surface area (Å²) in [7, 11) is 2.00. The van der Waals surface area contributed by atoms with Crippen molar-refractivity contribution in [2.45, 2.75) is 33.2 Å². The first kappa shape index (κ1) is 13.2. The van der Waals surface area contributed by atoms with Gasteiger partial charge in [-0.05, 0) is 18.3 Å². The van der Waals surface area contributed by atoms with E-state index in [1.165, 1.54) is 5.69 Å². The van der Waals surface area contributed by atoms with Crippen LogP contribution in [-0.4, -0.2) is 27.8 Å². The number of aliphatic hydroxyl groups is 1. The lowest BCUT2D eigenvalue weighted by Crippen LogP contribution is -2.29. The van der Waals surface area contributed by atoms with Crippen LogP contribution in [0.25, 0.3) is 0 Å². The minimum absolute atomic E-state index is 0.237. The number of nitrogens with one attached hydrogen (secondary N) is 1. The van der Waals surface area contributed by atoms with Crippen LogP contribution in [0.1, 0.15) is 32.4 Å². The summed E-state index contributed by atoms with van der Waals surface area (Å²) in [6.45, 7) is 6.53. The van der Waals surface area contributed by atoms with Gasteiger partial charge < -0.3 is 15.0 Å². The molecule has 1 aromatic heterocycles. The maximum absolute atomic E-state index is 8.81. The lowest BCUT2D eigenvalue weighted by Gasteiger charge is -2.24. The minimum atomic E-state index is 0.237. The number of aryl methyl sites for hydroxylation is 1. The standard InChI is InChI=1S/C12H23N3O/c1-12(2,5-4-6-16)9-13-7-11-8-14-10-15(11)3/h8,10,13,16H,4-7,9H2,1-3H3. The lowest BCUT2D eigenvalue weighted by atomic mass is 9.88. The monoisotopic (exact) mass is 225 g/mol. The molecule has 0 aliphatic rings. The van der Waals surface area contributed by atoms with E-state index in [1.54, 1.807) is 0 Å². The fourth-order valence-electron chi connectivity index (χ4n) is 1.73.